The summed E-state index contributed by atoms with van der Waals surface area (Å²) in [6.45, 7) is 1.59. The molecule has 1 unspecified atom stereocenters. The standard InChI is InChI=1S/C37H38N12O7/c1-24(20-53-37(52)45-32-16-8-28(9-17-32)19-27-6-14-31(15-7-27)44-36(51)47-34-39-22-42-49-34)55-56-54-23-40-29-10-2-25(3-11-29)18-26-4-12-30(13-5-26)43-35(50)46-33-38-21-41-48-33/h2-17,21-22,24,40H,18-20,23H2,1H3,(H,45,52)(H3,38,41,43,46,48,50)(H3,39,42,44,47,49,51). The first-order valence-corrected chi connectivity index (χ1v) is 17.2. The van der Waals surface area contributed by atoms with Gasteiger partial charge in [-0.3, -0.25) is 16.0 Å². The van der Waals surface area contributed by atoms with Crippen molar-refractivity contribution < 1.29 is 33.9 Å². The van der Waals surface area contributed by atoms with E-state index in [1.165, 1.54) is 12.7 Å². The minimum Gasteiger partial charge on any atom is -0.446 e. The predicted molar refractivity (Wildman–Crippen MR) is 206 cm³/mol. The number of nitrogens with zero attached hydrogens (tertiary/aromatic N) is 4. The Morgan fingerprint density at radius 2 is 1.02 bits per heavy atom. The van der Waals surface area contributed by atoms with Crippen molar-refractivity contribution in [3.8, 4) is 0 Å². The fourth-order valence-corrected chi connectivity index (χ4v) is 5.01. The van der Waals surface area contributed by atoms with Crippen LogP contribution < -0.4 is 31.9 Å². The molecule has 0 radical (unpaired) electrons. The maximum atomic E-state index is 12.3. The molecule has 5 amide bonds. The summed E-state index contributed by atoms with van der Waals surface area (Å²) in [5, 5.41) is 33.6. The van der Waals surface area contributed by atoms with E-state index in [2.05, 4.69) is 62.3 Å². The van der Waals surface area contributed by atoms with Crippen LogP contribution in [-0.2, 0) is 32.4 Å². The van der Waals surface area contributed by atoms with E-state index < -0.39 is 24.3 Å². The van der Waals surface area contributed by atoms with E-state index in [1.54, 1.807) is 31.2 Å². The van der Waals surface area contributed by atoms with Gasteiger partial charge in [-0.15, -0.1) is 0 Å². The summed E-state index contributed by atoms with van der Waals surface area (Å²) in [7, 11) is 0. The monoisotopic (exact) mass is 762 g/mol. The molecule has 0 saturated carbocycles. The maximum Gasteiger partial charge on any atom is 0.411 e. The van der Waals surface area contributed by atoms with E-state index in [4.69, 9.17) is 19.6 Å². The highest BCUT2D eigenvalue weighted by molar-refractivity contribution is 5.99. The Morgan fingerprint density at radius 1 is 0.589 bits per heavy atom. The number of carbonyl (C=O) groups is 3. The van der Waals surface area contributed by atoms with Crippen molar-refractivity contribution in [3.63, 3.8) is 0 Å². The van der Waals surface area contributed by atoms with Crippen LogP contribution in [0.4, 0.5) is 49.0 Å². The Balaban J connectivity index is 0.807. The molecule has 2 heterocycles. The second kappa shape index (κ2) is 19.6. The zero-order valence-corrected chi connectivity index (χ0v) is 29.9. The van der Waals surface area contributed by atoms with Crippen molar-refractivity contribution in [2.45, 2.75) is 25.9 Å². The highest BCUT2D eigenvalue weighted by atomic mass is 17.5. The van der Waals surface area contributed by atoms with Gasteiger partial charge in [0.2, 0.25) is 11.9 Å². The molecule has 1 atom stereocenters. The number of benzene rings is 4. The van der Waals surface area contributed by atoms with Crippen LogP contribution in [0.3, 0.4) is 0 Å². The third-order valence-electron chi connectivity index (χ3n) is 7.72. The molecule has 4 aromatic carbocycles. The van der Waals surface area contributed by atoms with E-state index in [9.17, 15) is 14.4 Å². The highest BCUT2D eigenvalue weighted by Crippen LogP contribution is 2.18. The number of aromatic nitrogens is 6. The second-order valence-corrected chi connectivity index (χ2v) is 12.1. The minimum atomic E-state index is -0.645. The number of hydrogen-bond acceptors (Lipinski definition) is 12. The van der Waals surface area contributed by atoms with Crippen LogP contribution in [0.5, 0.6) is 0 Å². The predicted octanol–water partition coefficient (Wildman–Crippen LogP) is 6.28. The van der Waals surface area contributed by atoms with Crippen LogP contribution in [-0.4, -0.2) is 68.0 Å². The van der Waals surface area contributed by atoms with Gasteiger partial charge in [0.05, 0.1) is 0 Å². The molecule has 6 rings (SSSR count). The number of nitrogens with one attached hydrogen (secondary N) is 8. The lowest BCUT2D eigenvalue weighted by atomic mass is 10.0. The van der Waals surface area contributed by atoms with Crippen LogP contribution in [0, 0.1) is 0 Å². The molecular weight excluding hydrogens is 724 g/mol. The average molecular weight is 763 g/mol. The lowest BCUT2D eigenvalue weighted by Crippen LogP contribution is -2.22. The molecule has 8 N–H and O–H groups in total. The molecule has 0 bridgehead atoms. The summed E-state index contributed by atoms with van der Waals surface area (Å²) in [5.74, 6) is 0.504. The molecule has 19 nitrogen and oxygen atoms in total. The Bertz CT molecular complexity index is 2120. The Kier molecular flexibility index (Phi) is 13.5. The van der Waals surface area contributed by atoms with Crippen molar-refractivity contribution in [2.24, 2.45) is 0 Å². The van der Waals surface area contributed by atoms with Crippen LogP contribution in [0.2, 0.25) is 0 Å². The van der Waals surface area contributed by atoms with Crippen molar-refractivity contribution >= 4 is 52.8 Å². The van der Waals surface area contributed by atoms with Crippen molar-refractivity contribution in [1.82, 2.24) is 30.4 Å². The molecule has 0 fully saturated rings. The molecule has 19 heteroatoms. The fourth-order valence-electron chi connectivity index (χ4n) is 5.01. The largest absolute Gasteiger partial charge is 0.446 e. The lowest BCUT2D eigenvalue weighted by molar-refractivity contribution is -0.523. The average Bonchev–Trinajstić information content (AvgIpc) is 3.92. The summed E-state index contributed by atoms with van der Waals surface area (Å²) in [5.41, 5.74) is 6.88. The van der Waals surface area contributed by atoms with Gasteiger partial charge in [0.1, 0.15) is 25.4 Å². The van der Waals surface area contributed by atoms with Gasteiger partial charge in [0.15, 0.2) is 6.73 Å². The first kappa shape index (κ1) is 38.4. The van der Waals surface area contributed by atoms with Crippen molar-refractivity contribution in [1.29, 1.82) is 0 Å². The molecule has 6 aromatic rings. The van der Waals surface area contributed by atoms with E-state index in [1.807, 2.05) is 72.8 Å². The molecule has 2 aromatic heterocycles. The summed E-state index contributed by atoms with van der Waals surface area (Å²) in [6, 6.07) is 29.3. The van der Waals surface area contributed by atoms with Gasteiger partial charge in [-0.2, -0.15) is 29.9 Å². The molecule has 0 spiro atoms. The number of amides is 5. The van der Waals surface area contributed by atoms with E-state index in [0.29, 0.717) is 29.9 Å². The van der Waals surface area contributed by atoms with Gasteiger partial charge >= 0.3 is 18.2 Å². The van der Waals surface area contributed by atoms with Crippen LogP contribution in [0.1, 0.15) is 29.2 Å². The molecule has 0 aliphatic heterocycles. The summed E-state index contributed by atoms with van der Waals surface area (Å²) < 4.78 is 5.23. The van der Waals surface area contributed by atoms with Gasteiger partial charge in [0.25, 0.3) is 0 Å². The molecule has 56 heavy (non-hydrogen) atoms. The van der Waals surface area contributed by atoms with Crippen LogP contribution in [0.25, 0.3) is 0 Å². The molecule has 0 saturated heterocycles. The Labute approximate surface area is 319 Å². The smallest absolute Gasteiger partial charge is 0.411 e. The third-order valence-corrected chi connectivity index (χ3v) is 7.72. The zero-order chi connectivity index (χ0) is 39.0. The van der Waals surface area contributed by atoms with Crippen molar-refractivity contribution in [3.05, 3.63) is 132 Å². The van der Waals surface area contributed by atoms with E-state index in [0.717, 1.165) is 27.9 Å². The van der Waals surface area contributed by atoms with Gasteiger partial charge in [-0.1, -0.05) is 53.6 Å². The molecule has 0 aliphatic rings. The van der Waals surface area contributed by atoms with Crippen LogP contribution >= 0.6 is 0 Å². The minimum absolute atomic E-state index is 0.00844. The second-order valence-electron chi connectivity index (χ2n) is 12.1. The number of urea groups is 2. The normalized spacial score (nSPS) is 11.2. The number of anilines is 6. The number of aromatic amines is 2. The third kappa shape index (κ3) is 12.7. The SMILES string of the molecule is CC(COC(=O)Nc1ccc(Cc2ccc(NC(=O)Nc3ncn[nH]3)cc2)cc1)OOOCNc1ccc(Cc2ccc(NC(=O)Nc3ncn[nH]3)cc2)cc1. The van der Waals surface area contributed by atoms with E-state index in [-0.39, 0.29) is 25.2 Å². The number of H-pyrrole nitrogens is 2. The fraction of sp³-hybridized carbons (Fsp3) is 0.162. The summed E-state index contributed by atoms with van der Waals surface area (Å²) in [6.07, 6.45) is 2.71. The lowest BCUT2D eigenvalue weighted by Gasteiger charge is -2.13. The highest BCUT2D eigenvalue weighted by Gasteiger charge is 2.11. The summed E-state index contributed by atoms with van der Waals surface area (Å²) in [4.78, 5) is 54.2. The van der Waals surface area contributed by atoms with Crippen LogP contribution in [0.15, 0.2) is 110 Å². The summed E-state index contributed by atoms with van der Waals surface area (Å²) >= 11 is 0. The first-order valence-electron chi connectivity index (χ1n) is 17.2. The van der Waals surface area contributed by atoms with Gasteiger partial charge in [-0.25, -0.2) is 24.6 Å². The molecule has 288 valence electrons. The number of carbonyl (C=O) groups excluding carboxylic acids is 3. The number of hydrogen-bond donors (Lipinski definition) is 8. The Morgan fingerprint density at radius 3 is 1.45 bits per heavy atom. The molecule has 0 aliphatic carbocycles. The van der Waals surface area contributed by atoms with Gasteiger partial charge in [-0.05, 0) is 90.6 Å². The van der Waals surface area contributed by atoms with Gasteiger partial charge in [0, 0.05) is 22.7 Å². The topological polar surface area (TPSA) is 243 Å². The van der Waals surface area contributed by atoms with Gasteiger partial charge < -0.3 is 20.7 Å². The van der Waals surface area contributed by atoms with E-state index >= 15 is 0 Å². The first-order chi connectivity index (χ1) is 27.3. The Hall–Kier alpha value is -7.35. The van der Waals surface area contributed by atoms with Crippen molar-refractivity contribution in [2.75, 3.05) is 45.2 Å². The quantitative estimate of drug-likeness (QED) is 0.0222. The maximum absolute atomic E-state index is 12.3. The zero-order valence-electron chi connectivity index (χ0n) is 29.9. The molecular formula is C37H38N12O7. The number of rotatable bonds is 17. The number of ether oxygens (including phenoxy) is 1.